The van der Waals surface area contributed by atoms with Gasteiger partial charge in [0.2, 0.25) is 5.91 Å². The highest BCUT2D eigenvalue weighted by Gasteiger charge is 2.59. The summed E-state index contributed by atoms with van der Waals surface area (Å²) in [5, 5.41) is 18.3. The quantitative estimate of drug-likeness (QED) is 0.118. The van der Waals surface area contributed by atoms with Crippen molar-refractivity contribution in [1.29, 1.82) is 0 Å². The van der Waals surface area contributed by atoms with Crippen molar-refractivity contribution in [3.8, 4) is 0 Å². The minimum atomic E-state index is -1.43. The zero-order chi connectivity index (χ0) is 44.6. The number of para-hydroxylation sites is 2. The number of cyclic esters (lactones) is 1. The first-order valence-electron chi connectivity index (χ1n) is 21.8. The number of carbonyl (C=O) groups is 4. The number of hydrazine groups is 1. The Morgan fingerprint density at radius 2 is 1.70 bits per heavy atom. The number of hydrogen-bond donors (Lipinski definition) is 4. The summed E-state index contributed by atoms with van der Waals surface area (Å²) in [6.45, 7) is 14.3. The zero-order valence-corrected chi connectivity index (χ0v) is 37.7. The van der Waals surface area contributed by atoms with Gasteiger partial charge in [-0.15, -0.1) is 0 Å². The van der Waals surface area contributed by atoms with E-state index in [1.807, 2.05) is 45.0 Å². The van der Waals surface area contributed by atoms with Gasteiger partial charge in [-0.2, -0.15) is 0 Å². The standard InChI is InChI=1S/C46H67N5O10/c1-12-35-46(8)39(51(44(56)61-46)47-22-16-18-30-17-15-20-32-31-19-13-14-21-33(31)49-36(30)32)29(6)48-41(54)25(2)24-45(7,57-11)40(27(4)37(52)28(5)42(55)59-35)60-43-38(53)34(50(9)10)23-26(3)58-43/h13-15,17,19-21,25-29,34-35,38-40,43,47,49,53H,12,16,18,22-24H2,1-11H3,(H,48,54)/t25-,26-,27+,28-,29?,34+,35-,38-,39-,40-,43+,45+,46-/m1/s1. The summed E-state index contributed by atoms with van der Waals surface area (Å²) in [5.41, 5.74) is 3.87. The molecule has 6 rings (SSSR count). The number of ether oxygens (including phenoxy) is 5. The lowest BCUT2D eigenvalue weighted by atomic mass is 9.78. The molecule has 0 saturated carbocycles. The Balaban J connectivity index is 1.27. The van der Waals surface area contributed by atoms with Crippen LogP contribution in [0.3, 0.4) is 0 Å². The number of nitrogens with zero attached hydrogens (tertiary/aromatic N) is 2. The van der Waals surface area contributed by atoms with Gasteiger partial charge in [-0.05, 0) is 92.4 Å². The number of H-pyrrole nitrogens is 1. The predicted molar refractivity (Wildman–Crippen MR) is 230 cm³/mol. The number of carbonyl (C=O) groups excluding carboxylic acids is 4. The number of aliphatic hydroxyl groups is 1. The monoisotopic (exact) mass is 849 g/mol. The SMILES string of the molecule is CC[C@H]1OC(=O)[C@H](C)C(=O)[C@H](C)[C@@H](O[C@@H]2O[C@H](C)C[C@H](N(C)C)[C@H]2O)[C@@](C)(OC)C[C@@H](C)C(=O)NC(C)[C@H]2N(NCCCc3cccc4c3[nH]c3ccccc34)C(=O)O[C@]12C. The summed E-state index contributed by atoms with van der Waals surface area (Å²) in [6.07, 6.45) is -2.88. The normalized spacial score (nSPS) is 35.8. The molecule has 1 aromatic heterocycles. The minimum Gasteiger partial charge on any atom is -0.457 e. The van der Waals surface area contributed by atoms with Crippen molar-refractivity contribution < 1.29 is 48.0 Å². The highest BCUT2D eigenvalue weighted by molar-refractivity contribution is 6.08. The van der Waals surface area contributed by atoms with Crippen molar-refractivity contribution in [3.63, 3.8) is 0 Å². The molecule has 0 radical (unpaired) electrons. The number of rotatable bonds is 10. The first-order valence-corrected chi connectivity index (χ1v) is 21.8. The Morgan fingerprint density at radius 3 is 2.39 bits per heavy atom. The van der Waals surface area contributed by atoms with E-state index in [0.717, 1.165) is 33.8 Å². The van der Waals surface area contributed by atoms with E-state index in [4.69, 9.17) is 23.7 Å². The van der Waals surface area contributed by atoms with E-state index >= 15 is 0 Å². The molecule has 61 heavy (non-hydrogen) atoms. The fourth-order valence-corrected chi connectivity index (χ4v) is 9.99. The molecule has 2 amide bonds. The van der Waals surface area contributed by atoms with Gasteiger partial charge in [0.1, 0.15) is 24.2 Å². The first kappa shape index (κ1) is 46.4. The van der Waals surface area contributed by atoms with Crippen LogP contribution in [-0.4, -0.2) is 132 Å². The molecule has 13 atom stereocenters. The summed E-state index contributed by atoms with van der Waals surface area (Å²) in [4.78, 5) is 62.0. The summed E-state index contributed by atoms with van der Waals surface area (Å²) >= 11 is 0. The van der Waals surface area contributed by atoms with Crippen LogP contribution in [0.15, 0.2) is 42.5 Å². The Labute approximate surface area is 359 Å². The predicted octanol–water partition coefficient (Wildman–Crippen LogP) is 5.26. The lowest BCUT2D eigenvalue weighted by molar-refractivity contribution is -0.295. The Bertz CT molecular complexity index is 2060. The average molecular weight is 850 g/mol. The third-order valence-electron chi connectivity index (χ3n) is 13.5. The Kier molecular flexibility index (Phi) is 14.2. The first-order chi connectivity index (χ1) is 28.8. The molecule has 2 aromatic carbocycles. The molecular formula is C46H67N5O10. The third-order valence-corrected chi connectivity index (χ3v) is 13.5. The third kappa shape index (κ3) is 9.19. The number of aromatic amines is 1. The van der Waals surface area contributed by atoms with Gasteiger partial charge < -0.3 is 44.0 Å². The van der Waals surface area contributed by atoms with Gasteiger partial charge >= 0.3 is 12.1 Å². The van der Waals surface area contributed by atoms with E-state index < -0.39 is 83.5 Å². The molecule has 3 saturated heterocycles. The summed E-state index contributed by atoms with van der Waals surface area (Å²) in [5.74, 6) is -4.51. The summed E-state index contributed by atoms with van der Waals surface area (Å²) in [7, 11) is 5.23. The summed E-state index contributed by atoms with van der Waals surface area (Å²) < 4.78 is 31.2. The van der Waals surface area contributed by atoms with E-state index in [1.165, 1.54) is 19.0 Å². The fourth-order valence-electron chi connectivity index (χ4n) is 9.99. The largest absolute Gasteiger partial charge is 0.457 e. The molecule has 4 heterocycles. The molecule has 3 aliphatic heterocycles. The molecule has 1 unspecified atom stereocenters. The number of fused-ring (bicyclic) bond motifs is 4. The van der Waals surface area contributed by atoms with Gasteiger partial charge in [0, 0.05) is 53.3 Å². The number of aryl methyl sites for hydroxylation is 1. The Hall–Kier alpha value is -4.12. The number of methoxy groups -OCH3 is 1. The van der Waals surface area contributed by atoms with Crippen molar-refractivity contribution >= 4 is 45.6 Å². The zero-order valence-electron chi connectivity index (χ0n) is 37.7. The van der Waals surface area contributed by atoms with Crippen LogP contribution in [-0.2, 0) is 44.5 Å². The van der Waals surface area contributed by atoms with E-state index in [0.29, 0.717) is 19.4 Å². The maximum atomic E-state index is 14.4. The maximum absolute atomic E-state index is 14.4. The molecule has 15 nitrogen and oxygen atoms in total. The maximum Gasteiger partial charge on any atom is 0.425 e. The van der Waals surface area contributed by atoms with Gasteiger partial charge in [0.25, 0.3) is 0 Å². The number of nitrogens with one attached hydrogen (secondary N) is 3. The van der Waals surface area contributed by atoms with Gasteiger partial charge in [-0.1, -0.05) is 57.2 Å². The molecule has 3 fully saturated rings. The van der Waals surface area contributed by atoms with E-state index in [-0.39, 0.29) is 30.9 Å². The molecule has 3 aromatic rings. The number of amides is 2. The van der Waals surface area contributed by atoms with Crippen LogP contribution in [0.25, 0.3) is 21.8 Å². The molecule has 3 aliphatic rings. The van der Waals surface area contributed by atoms with Gasteiger partial charge in [-0.25, -0.2) is 15.2 Å². The van der Waals surface area contributed by atoms with E-state index in [1.54, 1.807) is 34.6 Å². The van der Waals surface area contributed by atoms with Gasteiger partial charge in [0.05, 0.1) is 23.9 Å². The lowest BCUT2D eigenvalue weighted by Crippen LogP contribution is -2.63. The second-order valence-corrected chi connectivity index (χ2v) is 18.2. The van der Waals surface area contributed by atoms with Crippen molar-refractivity contribution in [3.05, 3.63) is 48.0 Å². The number of hydrogen-bond acceptors (Lipinski definition) is 12. The van der Waals surface area contributed by atoms with Crippen LogP contribution in [0.2, 0.25) is 0 Å². The smallest absolute Gasteiger partial charge is 0.425 e. The molecule has 336 valence electrons. The number of benzene rings is 2. The van der Waals surface area contributed by atoms with Gasteiger partial charge in [-0.3, -0.25) is 14.4 Å². The van der Waals surface area contributed by atoms with Crippen molar-refractivity contribution in [1.82, 2.24) is 25.6 Å². The van der Waals surface area contributed by atoms with Crippen LogP contribution < -0.4 is 10.7 Å². The van der Waals surface area contributed by atoms with Crippen LogP contribution in [0.5, 0.6) is 0 Å². The van der Waals surface area contributed by atoms with Gasteiger partial charge in [0.15, 0.2) is 17.7 Å². The molecule has 0 aliphatic carbocycles. The number of Topliss-reactive ketones (excluding diaryl/α,β-unsaturated/α-hetero) is 1. The second-order valence-electron chi connectivity index (χ2n) is 18.2. The lowest BCUT2D eigenvalue weighted by Gasteiger charge is -2.46. The molecule has 0 spiro atoms. The van der Waals surface area contributed by atoms with Crippen molar-refractivity contribution in [2.75, 3.05) is 27.7 Å². The molecular weight excluding hydrogens is 783 g/mol. The van der Waals surface area contributed by atoms with Crippen molar-refractivity contribution in [2.24, 2.45) is 17.8 Å². The van der Waals surface area contributed by atoms with Crippen LogP contribution in [0, 0.1) is 17.8 Å². The van der Waals surface area contributed by atoms with E-state index in [2.05, 4.69) is 46.1 Å². The number of aromatic nitrogens is 1. The van der Waals surface area contributed by atoms with Crippen LogP contribution in [0.1, 0.15) is 86.6 Å². The topological polar surface area (TPSA) is 181 Å². The minimum absolute atomic E-state index is 0.0959. The molecule has 15 heteroatoms. The van der Waals surface area contributed by atoms with E-state index in [9.17, 15) is 24.3 Å². The summed E-state index contributed by atoms with van der Waals surface area (Å²) in [6, 6.07) is 12.6. The number of esters is 1. The number of ketones is 1. The Morgan fingerprint density at radius 1 is 1.00 bits per heavy atom. The van der Waals surface area contributed by atoms with Crippen molar-refractivity contribution in [2.45, 2.75) is 148 Å². The highest BCUT2D eigenvalue weighted by Crippen LogP contribution is 2.40. The molecule has 0 bridgehead atoms. The fraction of sp³-hybridized carbons (Fsp3) is 0.652. The average Bonchev–Trinajstić information content (AvgIpc) is 3.74. The second kappa shape index (κ2) is 18.7. The van der Waals surface area contributed by atoms with Crippen LogP contribution >= 0.6 is 0 Å². The molecule has 4 N–H and O–H groups in total. The highest BCUT2D eigenvalue weighted by atomic mass is 16.7. The number of likely N-dealkylation sites (N-methyl/N-ethyl adjacent to an activating group) is 1. The van der Waals surface area contributed by atoms with Crippen LogP contribution in [0.4, 0.5) is 4.79 Å². The number of aliphatic hydroxyl groups excluding tert-OH is 1.